The molecule has 1 heterocycles. The molecule has 0 radical (unpaired) electrons. The number of rotatable bonds is 5. The topological polar surface area (TPSA) is 143 Å². The summed E-state index contributed by atoms with van der Waals surface area (Å²) < 4.78 is 22.6. The van der Waals surface area contributed by atoms with Crippen molar-refractivity contribution in [2.24, 2.45) is 15.9 Å². The van der Waals surface area contributed by atoms with Gasteiger partial charge in [0.1, 0.15) is 11.4 Å². The third-order valence-corrected chi connectivity index (χ3v) is 5.28. The molecule has 26 heavy (non-hydrogen) atoms. The second-order valence-electron chi connectivity index (χ2n) is 6.26. The van der Waals surface area contributed by atoms with Gasteiger partial charge in [0.25, 0.3) is 5.56 Å². The second-order valence-corrected chi connectivity index (χ2v) is 7.82. The molecule has 1 aliphatic rings. The smallest absolute Gasteiger partial charge is 0.261 e. The molecular formula is C17H21N5O3S. The summed E-state index contributed by atoms with van der Waals surface area (Å²) in [6.45, 7) is 0. The number of hydrogen-bond donors (Lipinski definition) is 4. The summed E-state index contributed by atoms with van der Waals surface area (Å²) >= 11 is 0. The minimum absolute atomic E-state index is 0.0174. The monoisotopic (exact) mass is 375 g/mol. The van der Waals surface area contributed by atoms with Crippen LogP contribution in [0.3, 0.4) is 0 Å². The van der Waals surface area contributed by atoms with Crippen LogP contribution in [0.25, 0.3) is 0 Å². The predicted molar refractivity (Wildman–Crippen MR) is 101 cm³/mol. The summed E-state index contributed by atoms with van der Waals surface area (Å²) in [5.74, 6) is 0.0516. The molecule has 0 amide bonds. The van der Waals surface area contributed by atoms with Crippen LogP contribution in [0, 0.1) is 0 Å². The van der Waals surface area contributed by atoms with Gasteiger partial charge in [-0.3, -0.25) is 4.79 Å². The van der Waals surface area contributed by atoms with Crippen molar-refractivity contribution in [1.29, 1.82) is 0 Å². The first-order valence-electron chi connectivity index (χ1n) is 8.30. The van der Waals surface area contributed by atoms with Crippen LogP contribution in [0.2, 0.25) is 0 Å². The van der Waals surface area contributed by atoms with Crippen LogP contribution in [0.1, 0.15) is 31.2 Å². The van der Waals surface area contributed by atoms with Crippen LogP contribution < -0.4 is 21.7 Å². The normalized spacial score (nSPS) is 16.0. The summed E-state index contributed by atoms with van der Waals surface area (Å²) in [6.07, 6.45) is 6.00. The number of primary sulfonamides is 1. The van der Waals surface area contributed by atoms with E-state index in [1.165, 1.54) is 24.3 Å². The lowest BCUT2D eigenvalue weighted by molar-refractivity contribution is 0.598. The Labute approximate surface area is 151 Å². The Kier molecular flexibility index (Phi) is 5.10. The van der Waals surface area contributed by atoms with Crippen LogP contribution in [-0.4, -0.2) is 25.3 Å². The molecule has 138 valence electrons. The van der Waals surface area contributed by atoms with Gasteiger partial charge in [-0.1, -0.05) is 12.8 Å². The fourth-order valence-corrected chi connectivity index (χ4v) is 3.56. The lowest BCUT2D eigenvalue weighted by Crippen LogP contribution is -2.28. The Hall–Kier alpha value is -2.65. The van der Waals surface area contributed by atoms with Gasteiger partial charge >= 0.3 is 0 Å². The SMILES string of the molecule is NC(=Nc1ccc(S(N)(=O)=O)cc1)c1c(NC2CCCC2)cc[nH]c1=O. The Morgan fingerprint density at radius 3 is 2.42 bits per heavy atom. The average Bonchev–Trinajstić information content (AvgIpc) is 3.07. The molecule has 1 aromatic heterocycles. The van der Waals surface area contributed by atoms with Crippen molar-refractivity contribution in [1.82, 2.24) is 4.98 Å². The quantitative estimate of drug-likeness (QED) is 0.461. The molecule has 1 aromatic carbocycles. The highest BCUT2D eigenvalue weighted by Crippen LogP contribution is 2.23. The van der Waals surface area contributed by atoms with Gasteiger partial charge in [-0.2, -0.15) is 0 Å². The molecular weight excluding hydrogens is 354 g/mol. The number of pyridine rings is 1. The Bertz CT molecular complexity index is 974. The largest absolute Gasteiger partial charge is 0.383 e. The molecule has 1 fully saturated rings. The minimum Gasteiger partial charge on any atom is -0.383 e. The van der Waals surface area contributed by atoms with E-state index in [1.54, 1.807) is 12.3 Å². The number of nitrogens with zero attached hydrogens (tertiary/aromatic N) is 1. The van der Waals surface area contributed by atoms with Crippen molar-refractivity contribution in [2.75, 3.05) is 5.32 Å². The predicted octanol–water partition coefficient (Wildman–Crippen LogP) is 1.41. The molecule has 8 nitrogen and oxygen atoms in total. The number of aromatic amines is 1. The van der Waals surface area contributed by atoms with E-state index >= 15 is 0 Å². The van der Waals surface area contributed by atoms with Gasteiger partial charge in [-0.15, -0.1) is 0 Å². The first-order chi connectivity index (χ1) is 12.3. The van der Waals surface area contributed by atoms with E-state index in [4.69, 9.17) is 10.9 Å². The zero-order valence-corrected chi connectivity index (χ0v) is 14.9. The van der Waals surface area contributed by atoms with E-state index in [0.717, 1.165) is 25.7 Å². The van der Waals surface area contributed by atoms with E-state index in [-0.39, 0.29) is 21.9 Å². The number of nitrogens with two attached hydrogens (primary N) is 2. The highest BCUT2D eigenvalue weighted by atomic mass is 32.2. The highest BCUT2D eigenvalue weighted by molar-refractivity contribution is 7.89. The number of anilines is 1. The van der Waals surface area contributed by atoms with E-state index in [9.17, 15) is 13.2 Å². The van der Waals surface area contributed by atoms with Crippen molar-refractivity contribution in [3.8, 4) is 0 Å². The summed E-state index contributed by atoms with van der Waals surface area (Å²) in [7, 11) is -3.77. The zero-order valence-electron chi connectivity index (χ0n) is 14.1. The van der Waals surface area contributed by atoms with E-state index in [2.05, 4.69) is 15.3 Å². The highest BCUT2D eigenvalue weighted by Gasteiger charge is 2.18. The maximum atomic E-state index is 12.3. The first-order valence-corrected chi connectivity index (χ1v) is 9.85. The van der Waals surface area contributed by atoms with E-state index in [1.807, 2.05) is 0 Å². The van der Waals surface area contributed by atoms with Gasteiger partial charge in [0.15, 0.2) is 0 Å². The van der Waals surface area contributed by atoms with Gasteiger partial charge in [0.2, 0.25) is 10.0 Å². The van der Waals surface area contributed by atoms with Gasteiger partial charge in [0.05, 0.1) is 16.3 Å². The number of H-pyrrole nitrogens is 1. The van der Waals surface area contributed by atoms with Crippen LogP contribution in [0.5, 0.6) is 0 Å². The van der Waals surface area contributed by atoms with E-state index < -0.39 is 10.0 Å². The Balaban J connectivity index is 1.92. The molecule has 0 spiro atoms. The molecule has 0 unspecified atom stereocenters. The average molecular weight is 375 g/mol. The number of amidine groups is 1. The van der Waals surface area contributed by atoms with Crippen LogP contribution in [0.15, 0.2) is 51.2 Å². The third kappa shape index (κ3) is 4.12. The number of aromatic nitrogens is 1. The Morgan fingerprint density at radius 2 is 1.81 bits per heavy atom. The van der Waals surface area contributed by atoms with Crippen molar-refractivity contribution in [3.05, 3.63) is 52.4 Å². The van der Waals surface area contributed by atoms with Gasteiger partial charge < -0.3 is 16.0 Å². The fraction of sp³-hybridized carbons (Fsp3) is 0.294. The molecule has 1 saturated carbocycles. The number of hydrogen-bond acceptors (Lipinski definition) is 5. The van der Waals surface area contributed by atoms with Crippen molar-refractivity contribution < 1.29 is 8.42 Å². The number of sulfonamides is 1. The van der Waals surface area contributed by atoms with Gasteiger partial charge in [-0.25, -0.2) is 18.5 Å². The fourth-order valence-electron chi connectivity index (χ4n) is 3.05. The first kappa shape index (κ1) is 18.2. The summed E-state index contributed by atoms with van der Waals surface area (Å²) in [4.78, 5) is 19.1. The van der Waals surface area contributed by atoms with Crippen molar-refractivity contribution >= 4 is 27.2 Å². The van der Waals surface area contributed by atoms with Crippen LogP contribution in [-0.2, 0) is 10.0 Å². The van der Waals surface area contributed by atoms with Crippen molar-refractivity contribution in [3.63, 3.8) is 0 Å². The summed E-state index contributed by atoms with van der Waals surface area (Å²) in [5, 5.41) is 8.44. The molecule has 9 heteroatoms. The van der Waals surface area contributed by atoms with Crippen molar-refractivity contribution in [2.45, 2.75) is 36.6 Å². The molecule has 0 bridgehead atoms. The molecule has 0 saturated heterocycles. The second kappa shape index (κ2) is 7.30. The Morgan fingerprint density at radius 1 is 1.15 bits per heavy atom. The van der Waals surface area contributed by atoms with Crippen LogP contribution in [0.4, 0.5) is 11.4 Å². The third-order valence-electron chi connectivity index (χ3n) is 4.35. The maximum Gasteiger partial charge on any atom is 0.261 e. The molecule has 3 rings (SSSR count). The molecule has 0 aliphatic heterocycles. The molecule has 2 aromatic rings. The maximum absolute atomic E-state index is 12.3. The lowest BCUT2D eigenvalue weighted by Gasteiger charge is -2.16. The lowest BCUT2D eigenvalue weighted by atomic mass is 10.1. The van der Waals surface area contributed by atoms with E-state index in [0.29, 0.717) is 17.4 Å². The number of nitrogens with one attached hydrogen (secondary N) is 2. The number of benzene rings is 1. The molecule has 6 N–H and O–H groups in total. The number of aliphatic imine (C=N–C) groups is 1. The zero-order chi connectivity index (χ0) is 18.7. The van der Waals surface area contributed by atoms with Crippen LogP contribution >= 0.6 is 0 Å². The summed E-state index contributed by atoms with van der Waals surface area (Å²) in [5.41, 5.74) is 7.07. The minimum atomic E-state index is -3.77. The molecule has 0 atom stereocenters. The standard InChI is InChI=1S/C17H21N5O3S/c18-16(22-12-5-7-13(8-6-12)26(19,24)25)15-14(9-10-20-17(15)23)21-11-3-1-2-4-11/h5-11H,1-4H2,(H2,18,22)(H2,19,24,25)(H2,20,21,23). The molecule has 1 aliphatic carbocycles. The van der Waals surface area contributed by atoms with Gasteiger partial charge in [-0.05, 0) is 43.2 Å². The van der Waals surface area contributed by atoms with Gasteiger partial charge in [0, 0.05) is 12.2 Å². The summed E-state index contributed by atoms with van der Waals surface area (Å²) in [6, 6.07) is 7.73.